The lowest BCUT2D eigenvalue weighted by atomic mass is 10.1. The summed E-state index contributed by atoms with van der Waals surface area (Å²) in [5.74, 6) is -2.61. The van der Waals surface area contributed by atoms with Crippen molar-refractivity contribution in [1.29, 1.82) is 0 Å². The summed E-state index contributed by atoms with van der Waals surface area (Å²) in [7, 11) is 0. The van der Waals surface area contributed by atoms with E-state index in [4.69, 9.17) is 10.8 Å². The van der Waals surface area contributed by atoms with Gasteiger partial charge in [-0.05, 0) is 20.8 Å². The Bertz CT molecular complexity index is 329. The average molecular weight is 261 g/mol. The van der Waals surface area contributed by atoms with Crippen LogP contribution in [0.4, 0.5) is 0 Å². The first kappa shape index (κ1) is 16.3. The number of carboxylic acids is 1. The van der Waals surface area contributed by atoms with Gasteiger partial charge in [0.2, 0.25) is 11.8 Å². The number of aliphatic hydroxyl groups is 1. The summed E-state index contributed by atoms with van der Waals surface area (Å²) in [4.78, 5) is 33.6. The Hall–Kier alpha value is -1.67. The number of nitrogens with two attached hydrogens (primary N) is 1. The molecule has 2 amide bonds. The summed E-state index contributed by atoms with van der Waals surface area (Å²) >= 11 is 0. The molecule has 0 fully saturated rings. The Morgan fingerprint density at radius 2 is 1.56 bits per heavy atom. The molecule has 104 valence electrons. The highest BCUT2D eigenvalue weighted by atomic mass is 16.4. The molecule has 8 heteroatoms. The molecule has 0 aromatic heterocycles. The van der Waals surface area contributed by atoms with Crippen molar-refractivity contribution < 1.29 is 24.6 Å². The lowest BCUT2D eigenvalue weighted by Crippen LogP contribution is -2.57. The number of nitrogens with one attached hydrogen (secondary N) is 2. The van der Waals surface area contributed by atoms with Gasteiger partial charge in [-0.3, -0.25) is 14.4 Å². The quantitative estimate of drug-likeness (QED) is 0.367. The molecule has 0 aromatic rings. The average Bonchev–Trinajstić information content (AvgIpc) is 2.24. The van der Waals surface area contributed by atoms with Gasteiger partial charge in [0.05, 0.1) is 12.1 Å². The predicted octanol–water partition coefficient (Wildman–Crippen LogP) is -2.21. The van der Waals surface area contributed by atoms with Crippen LogP contribution in [0.25, 0.3) is 0 Å². The number of amides is 2. The summed E-state index contributed by atoms with van der Waals surface area (Å²) in [5, 5.41) is 22.4. The van der Waals surface area contributed by atoms with E-state index in [0.717, 1.165) is 0 Å². The van der Waals surface area contributed by atoms with E-state index < -0.39 is 42.0 Å². The van der Waals surface area contributed by atoms with Crippen LogP contribution in [0, 0.1) is 0 Å². The standard InChI is InChI=1S/C10H19N3O5/c1-4(11)8(15)13-7(6(3)14)9(16)12-5(2)10(17)18/h4-7,14H,11H2,1-3H3,(H,12,16)(H,13,15)(H,17,18)/t4-,5-,6+,7-/m0/s1. The number of rotatable bonds is 6. The fourth-order valence-corrected chi connectivity index (χ4v) is 1.05. The molecule has 0 unspecified atom stereocenters. The fraction of sp³-hybridized carbons (Fsp3) is 0.700. The summed E-state index contributed by atoms with van der Waals surface area (Å²) in [5.41, 5.74) is 5.31. The maximum absolute atomic E-state index is 11.7. The minimum Gasteiger partial charge on any atom is -0.480 e. The number of carbonyl (C=O) groups excluding carboxylic acids is 2. The monoisotopic (exact) mass is 261 g/mol. The maximum Gasteiger partial charge on any atom is 0.325 e. The molecule has 0 rings (SSSR count). The van der Waals surface area contributed by atoms with Crippen LogP contribution in [-0.4, -0.2) is 52.2 Å². The second-order valence-corrected chi connectivity index (χ2v) is 4.08. The van der Waals surface area contributed by atoms with Gasteiger partial charge in [-0.2, -0.15) is 0 Å². The molecule has 0 aliphatic heterocycles. The molecule has 0 saturated carbocycles. The molecule has 0 aliphatic carbocycles. The first-order valence-electron chi connectivity index (χ1n) is 5.44. The number of carbonyl (C=O) groups is 3. The number of hydrogen-bond acceptors (Lipinski definition) is 5. The Kier molecular flexibility index (Phi) is 6.28. The van der Waals surface area contributed by atoms with Gasteiger partial charge in [-0.1, -0.05) is 0 Å². The zero-order valence-electron chi connectivity index (χ0n) is 10.5. The lowest BCUT2D eigenvalue weighted by Gasteiger charge is -2.22. The zero-order chi connectivity index (χ0) is 14.5. The first-order chi connectivity index (χ1) is 8.16. The normalized spacial score (nSPS) is 17.2. The summed E-state index contributed by atoms with van der Waals surface area (Å²) < 4.78 is 0. The van der Waals surface area contributed by atoms with E-state index in [1.165, 1.54) is 20.8 Å². The first-order valence-corrected chi connectivity index (χ1v) is 5.44. The van der Waals surface area contributed by atoms with Crippen molar-refractivity contribution in [3.8, 4) is 0 Å². The predicted molar refractivity (Wildman–Crippen MR) is 62.5 cm³/mol. The van der Waals surface area contributed by atoms with Crippen LogP contribution in [0.2, 0.25) is 0 Å². The molecule has 0 aromatic carbocycles. The fourth-order valence-electron chi connectivity index (χ4n) is 1.05. The van der Waals surface area contributed by atoms with Crippen LogP contribution in [0.1, 0.15) is 20.8 Å². The van der Waals surface area contributed by atoms with Crippen LogP contribution in [-0.2, 0) is 14.4 Å². The number of aliphatic carboxylic acids is 1. The van der Waals surface area contributed by atoms with Gasteiger partial charge < -0.3 is 26.6 Å². The Morgan fingerprint density at radius 1 is 1.06 bits per heavy atom. The van der Waals surface area contributed by atoms with Gasteiger partial charge in [0.15, 0.2) is 0 Å². The molecule has 0 bridgehead atoms. The van der Waals surface area contributed by atoms with E-state index in [-0.39, 0.29) is 0 Å². The van der Waals surface area contributed by atoms with Crippen LogP contribution in [0.3, 0.4) is 0 Å². The Labute approximate surface area is 105 Å². The van der Waals surface area contributed by atoms with Gasteiger partial charge in [-0.25, -0.2) is 0 Å². The van der Waals surface area contributed by atoms with Crippen molar-refractivity contribution in [2.45, 2.75) is 45.0 Å². The van der Waals surface area contributed by atoms with Crippen LogP contribution >= 0.6 is 0 Å². The molecule has 8 nitrogen and oxygen atoms in total. The summed E-state index contributed by atoms with van der Waals surface area (Å²) in [6, 6.07) is -3.20. The van der Waals surface area contributed by atoms with Crippen molar-refractivity contribution >= 4 is 17.8 Å². The molecule has 6 N–H and O–H groups in total. The third-order valence-corrected chi connectivity index (χ3v) is 2.21. The van der Waals surface area contributed by atoms with E-state index in [2.05, 4.69) is 10.6 Å². The molecule has 0 saturated heterocycles. The molecule has 0 heterocycles. The highest BCUT2D eigenvalue weighted by Crippen LogP contribution is 1.96. The van der Waals surface area contributed by atoms with E-state index in [1.807, 2.05) is 0 Å². The molecule has 4 atom stereocenters. The van der Waals surface area contributed by atoms with Crippen molar-refractivity contribution in [2.24, 2.45) is 5.73 Å². The van der Waals surface area contributed by atoms with Crippen LogP contribution in [0.5, 0.6) is 0 Å². The maximum atomic E-state index is 11.7. The van der Waals surface area contributed by atoms with E-state index in [1.54, 1.807) is 0 Å². The zero-order valence-corrected chi connectivity index (χ0v) is 10.5. The van der Waals surface area contributed by atoms with Gasteiger partial charge in [-0.15, -0.1) is 0 Å². The van der Waals surface area contributed by atoms with E-state index in [9.17, 15) is 19.5 Å². The van der Waals surface area contributed by atoms with Crippen molar-refractivity contribution in [3.63, 3.8) is 0 Å². The number of hydrogen-bond donors (Lipinski definition) is 5. The smallest absolute Gasteiger partial charge is 0.325 e. The van der Waals surface area contributed by atoms with E-state index >= 15 is 0 Å². The topological polar surface area (TPSA) is 142 Å². The number of aliphatic hydroxyl groups excluding tert-OH is 1. The van der Waals surface area contributed by atoms with Crippen molar-refractivity contribution in [1.82, 2.24) is 10.6 Å². The Balaban J connectivity index is 4.65. The van der Waals surface area contributed by atoms with E-state index in [0.29, 0.717) is 0 Å². The molecule has 0 spiro atoms. The lowest BCUT2D eigenvalue weighted by molar-refractivity contribution is -0.142. The van der Waals surface area contributed by atoms with Gasteiger partial charge in [0, 0.05) is 0 Å². The minimum atomic E-state index is -1.25. The van der Waals surface area contributed by atoms with Crippen molar-refractivity contribution in [2.75, 3.05) is 0 Å². The molecular formula is C10H19N3O5. The van der Waals surface area contributed by atoms with Crippen LogP contribution < -0.4 is 16.4 Å². The third kappa shape index (κ3) is 5.11. The Morgan fingerprint density at radius 3 is 1.89 bits per heavy atom. The SMILES string of the molecule is C[C@H](N)C(=O)N[C@H](C(=O)N[C@@H](C)C(=O)O)[C@@H](C)O. The highest BCUT2D eigenvalue weighted by molar-refractivity contribution is 5.91. The van der Waals surface area contributed by atoms with Gasteiger partial charge >= 0.3 is 5.97 Å². The number of carboxylic acid groups (broad SMARTS) is 1. The summed E-state index contributed by atoms with van der Waals surface area (Å²) in [6.07, 6.45) is -1.17. The third-order valence-electron chi connectivity index (χ3n) is 2.21. The molecular weight excluding hydrogens is 242 g/mol. The molecule has 18 heavy (non-hydrogen) atoms. The largest absolute Gasteiger partial charge is 0.480 e. The van der Waals surface area contributed by atoms with Crippen molar-refractivity contribution in [3.05, 3.63) is 0 Å². The second-order valence-electron chi connectivity index (χ2n) is 4.08. The molecule has 0 radical (unpaired) electrons. The minimum absolute atomic E-state index is 0.612. The summed E-state index contributed by atoms with van der Waals surface area (Å²) in [6.45, 7) is 4.00. The van der Waals surface area contributed by atoms with Gasteiger partial charge in [0.25, 0.3) is 0 Å². The molecule has 0 aliphatic rings. The van der Waals surface area contributed by atoms with Gasteiger partial charge in [0.1, 0.15) is 12.1 Å². The van der Waals surface area contributed by atoms with Crippen LogP contribution in [0.15, 0.2) is 0 Å². The highest BCUT2D eigenvalue weighted by Gasteiger charge is 2.28. The second kappa shape index (κ2) is 6.92.